The topological polar surface area (TPSA) is 46.5 Å². The molecule has 2 rings (SSSR count). The highest BCUT2D eigenvalue weighted by Crippen LogP contribution is 2.30. The Hall–Kier alpha value is -1.85. The van der Waals surface area contributed by atoms with Crippen LogP contribution in [0.2, 0.25) is 5.02 Å². The lowest BCUT2D eigenvalue weighted by atomic mass is 10.2. The molecule has 0 fully saturated rings. The van der Waals surface area contributed by atoms with E-state index in [0.717, 1.165) is 16.6 Å². The molecular weight excluding hydrogens is 363 g/mol. The van der Waals surface area contributed by atoms with Gasteiger partial charge in [-0.25, -0.2) is 9.18 Å². The molecule has 0 atom stereocenters. The van der Waals surface area contributed by atoms with Crippen molar-refractivity contribution in [2.24, 2.45) is 0 Å². The van der Waals surface area contributed by atoms with E-state index in [4.69, 9.17) is 21.4 Å². The van der Waals surface area contributed by atoms with E-state index < -0.39 is 11.8 Å². The highest BCUT2D eigenvalue weighted by molar-refractivity contribution is 9.10. The van der Waals surface area contributed by atoms with Crippen LogP contribution in [0, 0.1) is 5.82 Å². The second kappa shape index (κ2) is 6.74. The van der Waals surface area contributed by atoms with E-state index in [1.54, 1.807) is 18.2 Å². The summed E-state index contributed by atoms with van der Waals surface area (Å²) >= 11 is 8.90. The van der Waals surface area contributed by atoms with Gasteiger partial charge in [-0.05, 0) is 36.4 Å². The number of hydrogen-bond acceptors (Lipinski definition) is 2. The minimum atomic E-state index is -1.07. The van der Waals surface area contributed by atoms with E-state index in [2.05, 4.69) is 15.9 Å². The summed E-state index contributed by atoms with van der Waals surface area (Å²) in [5.41, 5.74) is 0.544. The SMILES string of the molecule is O=C(O)/C=C/c1cc(Br)ccc1Oc1ccc(Cl)c(F)c1. The Labute approximate surface area is 133 Å². The summed E-state index contributed by atoms with van der Waals surface area (Å²) in [7, 11) is 0. The first-order valence-corrected chi connectivity index (χ1v) is 6.96. The Morgan fingerprint density at radius 3 is 2.71 bits per heavy atom. The zero-order chi connectivity index (χ0) is 15.4. The Morgan fingerprint density at radius 2 is 2.05 bits per heavy atom. The zero-order valence-corrected chi connectivity index (χ0v) is 12.9. The first-order chi connectivity index (χ1) is 9.95. The van der Waals surface area contributed by atoms with Crippen molar-refractivity contribution in [1.29, 1.82) is 0 Å². The fraction of sp³-hybridized carbons (Fsp3) is 0. The second-order valence-electron chi connectivity index (χ2n) is 4.03. The molecule has 0 saturated heterocycles. The Balaban J connectivity index is 2.34. The van der Waals surface area contributed by atoms with E-state index in [1.807, 2.05) is 0 Å². The molecule has 1 N–H and O–H groups in total. The number of carboxylic acid groups (broad SMARTS) is 1. The van der Waals surface area contributed by atoms with Gasteiger partial charge < -0.3 is 9.84 Å². The van der Waals surface area contributed by atoms with Crippen LogP contribution in [0.5, 0.6) is 11.5 Å². The van der Waals surface area contributed by atoms with Gasteiger partial charge in [0.15, 0.2) is 0 Å². The summed E-state index contributed by atoms with van der Waals surface area (Å²) in [6.07, 6.45) is 2.39. The second-order valence-corrected chi connectivity index (χ2v) is 5.35. The highest BCUT2D eigenvalue weighted by Gasteiger charge is 2.07. The Kier molecular flexibility index (Phi) is 4.98. The van der Waals surface area contributed by atoms with Crippen molar-refractivity contribution in [3.8, 4) is 11.5 Å². The van der Waals surface area contributed by atoms with Crippen LogP contribution in [0.15, 0.2) is 46.9 Å². The van der Waals surface area contributed by atoms with Gasteiger partial charge in [-0.3, -0.25) is 0 Å². The fourth-order valence-corrected chi connectivity index (χ4v) is 2.07. The van der Waals surface area contributed by atoms with Crippen molar-refractivity contribution in [2.45, 2.75) is 0 Å². The number of ether oxygens (including phenoxy) is 1. The van der Waals surface area contributed by atoms with Crippen LogP contribution in [0.4, 0.5) is 4.39 Å². The van der Waals surface area contributed by atoms with Crippen molar-refractivity contribution >= 4 is 39.6 Å². The van der Waals surface area contributed by atoms with Gasteiger partial charge in [-0.1, -0.05) is 27.5 Å². The van der Waals surface area contributed by atoms with Crippen LogP contribution in [-0.2, 0) is 4.79 Å². The average molecular weight is 372 g/mol. The molecule has 0 aliphatic carbocycles. The van der Waals surface area contributed by atoms with Crippen LogP contribution in [0.1, 0.15) is 5.56 Å². The van der Waals surface area contributed by atoms with Gasteiger partial charge in [0, 0.05) is 22.2 Å². The lowest BCUT2D eigenvalue weighted by Gasteiger charge is -2.09. The molecule has 0 spiro atoms. The smallest absolute Gasteiger partial charge is 0.328 e. The van der Waals surface area contributed by atoms with Crippen LogP contribution in [-0.4, -0.2) is 11.1 Å². The fourth-order valence-electron chi connectivity index (χ4n) is 1.57. The van der Waals surface area contributed by atoms with Crippen LogP contribution in [0.3, 0.4) is 0 Å². The number of carboxylic acids is 1. The van der Waals surface area contributed by atoms with Crippen LogP contribution in [0.25, 0.3) is 6.08 Å². The van der Waals surface area contributed by atoms with Gasteiger partial charge >= 0.3 is 5.97 Å². The molecule has 6 heteroatoms. The normalized spacial score (nSPS) is 10.8. The molecule has 108 valence electrons. The third-order valence-electron chi connectivity index (χ3n) is 2.50. The number of hydrogen-bond donors (Lipinski definition) is 1. The lowest BCUT2D eigenvalue weighted by Crippen LogP contribution is -1.91. The van der Waals surface area contributed by atoms with E-state index >= 15 is 0 Å². The monoisotopic (exact) mass is 370 g/mol. The summed E-state index contributed by atoms with van der Waals surface area (Å²) in [6, 6.07) is 9.16. The number of halogens is 3. The number of rotatable bonds is 4. The molecule has 21 heavy (non-hydrogen) atoms. The number of carbonyl (C=O) groups is 1. The first kappa shape index (κ1) is 15.5. The molecule has 0 aliphatic heterocycles. The predicted molar refractivity (Wildman–Crippen MR) is 82.3 cm³/mol. The van der Waals surface area contributed by atoms with Gasteiger partial charge in [0.1, 0.15) is 17.3 Å². The van der Waals surface area contributed by atoms with Gasteiger partial charge in [-0.2, -0.15) is 0 Å². The molecule has 0 heterocycles. The van der Waals surface area contributed by atoms with Crippen molar-refractivity contribution in [3.63, 3.8) is 0 Å². The minimum absolute atomic E-state index is 0.00385. The number of aliphatic carboxylic acids is 1. The molecule has 0 bridgehead atoms. The Bertz CT molecular complexity index is 716. The molecule has 0 amide bonds. The van der Waals surface area contributed by atoms with Gasteiger partial charge in [0.25, 0.3) is 0 Å². The van der Waals surface area contributed by atoms with Crippen LogP contribution < -0.4 is 4.74 Å². The molecular formula is C15H9BrClFO3. The molecule has 0 aromatic heterocycles. The molecule has 0 aliphatic rings. The van der Waals surface area contributed by atoms with E-state index in [0.29, 0.717) is 11.3 Å². The molecule has 2 aromatic rings. The maximum absolute atomic E-state index is 13.4. The summed E-state index contributed by atoms with van der Waals surface area (Å²) < 4.78 is 19.7. The van der Waals surface area contributed by atoms with Crippen molar-refractivity contribution in [2.75, 3.05) is 0 Å². The van der Waals surface area contributed by atoms with E-state index in [9.17, 15) is 9.18 Å². The zero-order valence-electron chi connectivity index (χ0n) is 10.5. The van der Waals surface area contributed by atoms with E-state index in [-0.39, 0.29) is 10.8 Å². The largest absolute Gasteiger partial charge is 0.478 e. The molecule has 0 radical (unpaired) electrons. The van der Waals surface area contributed by atoms with Gasteiger partial charge in [0.05, 0.1) is 5.02 Å². The summed E-state index contributed by atoms with van der Waals surface area (Å²) in [4.78, 5) is 10.6. The summed E-state index contributed by atoms with van der Waals surface area (Å²) in [6.45, 7) is 0. The first-order valence-electron chi connectivity index (χ1n) is 5.79. The molecule has 0 unspecified atom stereocenters. The quantitative estimate of drug-likeness (QED) is 0.758. The van der Waals surface area contributed by atoms with Crippen molar-refractivity contribution in [3.05, 3.63) is 63.4 Å². The molecule has 2 aromatic carbocycles. The predicted octanol–water partition coefficient (Wildman–Crippen LogP) is 5.13. The summed E-state index contributed by atoms with van der Waals surface area (Å²) in [5.74, 6) is -0.992. The van der Waals surface area contributed by atoms with Crippen molar-refractivity contribution < 1.29 is 19.0 Å². The van der Waals surface area contributed by atoms with Crippen LogP contribution >= 0.6 is 27.5 Å². The molecule has 0 saturated carbocycles. The third kappa shape index (κ3) is 4.31. The molecule has 3 nitrogen and oxygen atoms in total. The third-order valence-corrected chi connectivity index (χ3v) is 3.30. The maximum Gasteiger partial charge on any atom is 0.328 e. The van der Waals surface area contributed by atoms with Gasteiger partial charge in [-0.15, -0.1) is 0 Å². The number of benzene rings is 2. The standard InChI is InChI=1S/C15H9BrClFO3/c16-10-2-5-14(9(7-10)1-6-15(19)20)21-11-3-4-12(17)13(18)8-11/h1-8H,(H,19,20)/b6-1+. The maximum atomic E-state index is 13.4. The summed E-state index contributed by atoms with van der Waals surface area (Å²) in [5, 5.41) is 8.69. The Morgan fingerprint density at radius 1 is 1.29 bits per heavy atom. The van der Waals surface area contributed by atoms with Gasteiger partial charge in [0.2, 0.25) is 0 Å². The minimum Gasteiger partial charge on any atom is -0.478 e. The van der Waals surface area contributed by atoms with E-state index in [1.165, 1.54) is 18.2 Å². The van der Waals surface area contributed by atoms with Crippen molar-refractivity contribution in [1.82, 2.24) is 0 Å². The lowest BCUT2D eigenvalue weighted by molar-refractivity contribution is -0.131. The highest BCUT2D eigenvalue weighted by atomic mass is 79.9. The average Bonchev–Trinajstić information content (AvgIpc) is 2.43.